The zero-order valence-electron chi connectivity index (χ0n) is 14.2. The smallest absolute Gasteiger partial charge is 0.327 e. The van der Waals surface area contributed by atoms with E-state index >= 15 is 0 Å². The average Bonchev–Trinajstić information content (AvgIpc) is 2.63. The number of phenols is 2. The van der Waals surface area contributed by atoms with Gasteiger partial charge in [-0.1, -0.05) is 6.07 Å². The quantitative estimate of drug-likeness (QED) is 0.185. The molecule has 0 radical (unpaired) electrons. The number of ether oxygens (including phenoxy) is 2. The molecular formula is C18H21FN2O5. The molecule has 26 heavy (non-hydrogen) atoms. The van der Waals surface area contributed by atoms with Crippen LogP contribution in [0, 0.1) is 5.82 Å². The molecule has 5 N–H and O–H groups in total. The Morgan fingerprint density at radius 2 is 1.85 bits per heavy atom. The molecule has 0 aromatic heterocycles. The second-order valence-electron chi connectivity index (χ2n) is 5.91. The molecular weight excluding hydrogens is 343 g/mol. The van der Waals surface area contributed by atoms with Gasteiger partial charge in [0, 0.05) is 6.42 Å². The van der Waals surface area contributed by atoms with Gasteiger partial charge in [-0.15, -0.1) is 0 Å². The van der Waals surface area contributed by atoms with Gasteiger partial charge < -0.3 is 19.7 Å². The number of nitrogens with two attached hydrogens (primary N) is 1. The first-order valence-electron chi connectivity index (χ1n) is 7.88. The van der Waals surface area contributed by atoms with Crippen LogP contribution < -0.4 is 16.0 Å². The van der Waals surface area contributed by atoms with Crippen molar-refractivity contribution in [2.75, 3.05) is 13.2 Å². The summed E-state index contributed by atoms with van der Waals surface area (Å²) < 4.78 is 23.3. The topological polar surface area (TPSA) is 114 Å². The fourth-order valence-corrected chi connectivity index (χ4v) is 2.25. The predicted molar refractivity (Wildman–Crippen MR) is 92.1 cm³/mol. The molecule has 0 saturated heterocycles. The lowest BCUT2D eigenvalue weighted by atomic mass is 9.93. The van der Waals surface area contributed by atoms with Gasteiger partial charge in [-0.05, 0) is 48.9 Å². The largest absolute Gasteiger partial charge is 0.504 e. The van der Waals surface area contributed by atoms with E-state index in [-0.39, 0.29) is 37.0 Å². The number of carbonyl (C=O) groups excluding carboxylic acids is 1. The van der Waals surface area contributed by atoms with Crippen LogP contribution in [0.2, 0.25) is 0 Å². The van der Waals surface area contributed by atoms with Crippen LogP contribution in [0.5, 0.6) is 17.2 Å². The molecule has 140 valence electrons. The maximum atomic E-state index is 12.8. The van der Waals surface area contributed by atoms with Crippen LogP contribution in [0.4, 0.5) is 4.39 Å². The Hall–Kier alpha value is -2.84. The Bertz CT molecular complexity index is 754. The van der Waals surface area contributed by atoms with E-state index in [1.54, 1.807) is 13.0 Å². The first-order chi connectivity index (χ1) is 12.3. The van der Waals surface area contributed by atoms with Gasteiger partial charge in [0.15, 0.2) is 11.5 Å². The van der Waals surface area contributed by atoms with Crippen LogP contribution in [-0.2, 0) is 16.0 Å². The standard InChI is InChI=1S/C18H21FN2O5/c1-18(21-20,11-12-2-7-15(22)16(23)10-12)17(24)26-9-8-25-14-5-3-13(19)4-6-14/h2-7,10,21-23H,8-9,11,20H2,1H3/t18-/m0/s1. The Morgan fingerprint density at radius 1 is 1.15 bits per heavy atom. The highest BCUT2D eigenvalue weighted by atomic mass is 19.1. The van der Waals surface area contributed by atoms with Crippen molar-refractivity contribution in [2.45, 2.75) is 18.9 Å². The van der Waals surface area contributed by atoms with Crippen molar-refractivity contribution in [1.82, 2.24) is 5.43 Å². The SMILES string of the molecule is C[C@@](Cc1ccc(O)c(O)c1)(NN)C(=O)OCCOc1ccc(F)cc1. The van der Waals surface area contributed by atoms with Crippen LogP contribution in [0.15, 0.2) is 42.5 Å². The monoisotopic (exact) mass is 364 g/mol. The number of rotatable bonds is 8. The van der Waals surface area contributed by atoms with Gasteiger partial charge in [-0.25, -0.2) is 14.6 Å². The third kappa shape index (κ3) is 5.08. The molecule has 0 unspecified atom stereocenters. The minimum atomic E-state index is -1.24. The Labute approximate surface area is 150 Å². The summed E-state index contributed by atoms with van der Waals surface area (Å²) in [5, 5.41) is 18.9. The maximum absolute atomic E-state index is 12.8. The van der Waals surface area contributed by atoms with Crippen molar-refractivity contribution in [2.24, 2.45) is 5.84 Å². The van der Waals surface area contributed by atoms with Gasteiger partial charge >= 0.3 is 5.97 Å². The average molecular weight is 364 g/mol. The van der Waals surface area contributed by atoms with Crippen LogP contribution in [-0.4, -0.2) is 34.9 Å². The number of phenolic OH excluding ortho intramolecular Hbond substituents is 2. The number of hydrogen-bond acceptors (Lipinski definition) is 7. The van der Waals surface area contributed by atoms with Gasteiger partial charge in [-0.3, -0.25) is 5.84 Å². The van der Waals surface area contributed by atoms with E-state index < -0.39 is 11.5 Å². The number of hydrogen-bond donors (Lipinski definition) is 4. The molecule has 0 amide bonds. The van der Waals surface area contributed by atoms with Crippen molar-refractivity contribution >= 4 is 5.97 Å². The van der Waals surface area contributed by atoms with Crippen molar-refractivity contribution in [1.29, 1.82) is 0 Å². The zero-order chi connectivity index (χ0) is 19.2. The number of aromatic hydroxyl groups is 2. The lowest BCUT2D eigenvalue weighted by Gasteiger charge is -2.26. The van der Waals surface area contributed by atoms with Crippen LogP contribution in [0.25, 0.3) is 0 Å². The molecule has 0 spiro atoms. The van der Waals surface area contributed by atoms with E-state index in [1.807, 2.05) is 0 Å². The van der Waals surface area contributed by atoms with Gasteiger partial charge in [0.1, 0.15) is 30.3 Å². The molecule has 2 rings (SSSR count). The van der Waals surface area contributed by atoms with Gasteiger partial charge in [0.25, 0.3) is 0 Å². The first-order valence-corrected chi connectivity index (χ1v) is 7.88. The molecule has 0 aliphatic carbocycles. The molecule has 8 heteroatoms. The minimum absolute atomic E-state index is 0.0195. The molecule has 0 aliphatic heterocycles. The molecule has 0 saturated carbocycles. The Kier molecular flexibility index (Phi) is 6.37. The number of esters is 1. The number of benzene rings is 2. The third-order valence-corrected chi connectivity index (χ3v) is 3.77. The number of halogens is 1. The predicted octanol–water partition coefficient (Wildman–Crippen LogP) is 1.62. The molecule has 7 nitrogen and oxygen atoms in total. The fraction of sp³-hybridized carbons (Fsp3) is 0.278. The van der Waals surface area contributed by atoms with E-state index in [1.165, 1.54) is 36.4 Å². The van der Waals surface area contributed by atoms with Crippen LogP contribution >= 0.6 is 0 Å². The van der Waals surface area contributed by atoms with Gasteiger partial charge in [0.2, 0.25) is 0 Å². The highest BCUT2D eigenvalue weighted by molar-refractivity contribution is 5.80. The van der Waals surface area contributed by atoms with E-state index in [4.69, 9.17) is 15.3 Å². The van der Waals surface area contributed by atoms with E-state index in [2.05, 4.69) is 5.43 Å². The van der Waals surface area contributed by atoms with Gasteiger partial charge in [-0.2, -0.15) is 0 Å². The summed E-state index contributed by atoms with van der Waals surface area (Å²) in [6.45, 7) is 1.63. The lowest BCUT2D eigenvalue weighted by Crippen LogP contribution is -2.55. The molecule has 2 aromatic rings. The molecule has 0 aliphatic rings. The van der Waals surface area contributed by atoms with E-state index in [9.17, 15) is 19.4 Å². The van der Waals surface area contributed by atoms with Crippen LogP contribution in [0.1, 0.15) is 12.5 Å². The molecule has 0 fully saturated rings. The summed E-state index contributed by atoms with van der Waals surface area (Å²) in [7, 11) is 0. The second-order valence-corrected chi connectivity index (χ2v) is 5.91. The molecule has 0 heterocycles. The minimum Gasteiger partial charge on any atom is -0.504 e. The summed E-state index contributed by atoms with van der Waals surface area (Å²) in [5.74, 6) is 4.45. The normalized spacial score (nSPS) is 13.0. The lowest BCUT2D eigenvalue weighted by molar-refractivity contribution is -0.151. The van der Waals surface area contributed by atoms with Crippen molar-refractivity contribution in [3.8, 4) is 17.2 Å². The highest BCUT2D eigenvalue weighted by Gasteiger charge is 2.34. The third-order valence-electron chi connectivity index (χ3n) is 3.77. The summed E-state index contributed by atoms with van der Waals surface area (Å²) in [5.41, 5.74) is 1.77. The Balaban J connectivity index is 1.87. The summed E-state index contributed by atoms with van der Waals surface area (Å²) in [6.07, 6.45) is 0.134. The van der Waals surface area contributed by atoms with Crippen molar-refractivity contribution < 1.29 is 28.9 Å². The number of hydrazine groups is 1. The number of carbonyl (C=O) groups is 1. The Morgan fingerprint density at radius 3 is 2.46 bits per heavy atom. The van der Waals surface area contributed by atoms with E-state index in [0.717, 1.165) is 0 Å². The van der Waals surface area contributed by atoms with E-state index in [0.29, 0.717) is 11.3 Å². The summed E-state index contributed by atoms with van der Waals surface area (Å²) >= 11 is 0. The molecule has 1 atom stereocenters. The highest BCUT2D eigenvalue weighted by Crippen LogP contribution is 2.27. The number of nitrogens with one attached hydrogen (secondary N) is 1. The fourth-order valence-electron chi connectivity index (χ4n) is 2.25. The molecule has 2 aromatic carbocycles. The zero-order valence-corrected chi connectivity index (χ0v) is 14.2. The summed E-state index contributed by atoms with van der Waals surface area (Å²) in [4.78, 5) is 12.3. The first kappa shape index (κ1) is 19.5. The van der Waals surface area contributed by atoms with Crippen LogP contribution in [0.3, 0.4) is 0 Å². The van der Waals surface area contributed by atoms with Crippen molar-refractivity contribution in [3.63, 3.8) is 0 Å². The van der Waals surface area contributed by atoms with Gasteiger partial charge in [0.05, 0.1) is 0 Å². The van der Waals surface area contributed by atoms with Crippen molar-refractivity contribution in [3.05, 3.63) is 53.8 Å². The second kappa shape index (κ2) is 8.50. The maximum Gasteiger partial charge on any atom is 0.327 e. The summed E-state index contributed by atoms with van der Waals surface area (Å²) in [6, 6.07) is 9.71. The molecule has 0 bridgehead atoms.